The lowest BCUT2D eigenvalue weighted by Crippen LogP contribution is -3.12. The number of hydrogen-bond donors (Lipinski definition) is 2. The fourth-order valence-corrected chi connectivity index (χ4v) is 3.07. The van der Waals surface area contributed by atoms with Gasteiger partial charge in [-0.05, 0) is 52.0 Å². The Hall–Kier alpha value is -2.41. The van der Waals surface area contributed by atoms with E-state index in [4.69, 9.17) is 0 Å². The van der Waals surface area contributed by atoms with E-state index in [0.29, 0.717) is 30.9 Å². The highest BCUT2D eigenvalue weighted by Gasteiger charge is 2.22. The summed E-state index contributed by atoms with van der Waals surface area (Å²) in [7, 11) is 0. The molecule has 0 heterocycles. The summed E-state index contributed by atoms with van der Waals surface area (Å²) in [5.74, 6) is -0.364. The van der Waals surface area contributed by atoms with Crippen molar-refractivity contribution < 1.29 is 19.3 Å². The van der Waals surface area contributed by atoms with Crippen molar-refractivity contribution in [2.75, 3.05) is 51.1 Å². The molecule has 2 N–H and O–H groups in total. The van der Waals surface area contributed by atoms with Gasteiger partial charge in [-0.25, -0.2) is 0 Å². The highest BCUT2D eigenvalue weighted by Crippen LogP contribution is 2.12. The van der Waals surface area contributed by atoms with Crippen molar-refractivity contribution in [1.82, 2.24) is 9.80 Å². The summed E-state index contributed by atoms with van der Waals surface area (Å²) < 4.78 is 0. The van der Waals surface area contributed by atoms with Crippen LogP contribution in [0.2, 0.25) is 0 Å². The van der Waals surface area contributed by atoms with Gasteiger partial charge in [-0.1, -0.05) is 0 Å². The van der Waals surface area contributed by atoms with Crippen LogP contribution in [0.3, 0.4) is 0 Å². The van der Waals surface area contributed by atoms with Crippen LogP contribution in [0.25, 0.3) is 0 Å². The van der Waals surface area contributed by atoms with Gasteiger partial charge in [-0.3, -0.25) is 14.4 Å². The van der Waals surface area contributed by atoms with Crippen molar-refractivity contribution in [3.05, 3.63) is 29.8 Å². The standard InChI is InChI=1S/C21H34N4O3/c1-6-23(7-2)14-15-25(16-20(27)24(8-3)9-4)21(28)18-10-12-19(13-11-18)22-17(5)26/h10-13H,6-9,14-16H2,1-5H3,(H,22,26)/p+1. The molecule has 0 saturated heterocycles. The first-order chi connectivity index (χ1) is 13.4. The number of benzene rings is 1. The normalized spacial score (nSPS) is 10.6. The first kappa shape index (κ1) is 23.6. The van der Waals surface area contributed by atoms with Gasteiger partial charge in [0.25, 0.3) is 5.91 Å². The molecular weight excluding hydrogens is 356 g/mol. The van der Waals surface area contributed by atoms with Gasteiger partial charge in [-0.2, -0.15) is 0 Å². The molecular formula is C21H35N4O3+. The van der Waals surface area contributed by atoms with E-state index in [2.05, 4.69) is 19.2 Å². The zero-order valence-electron chi connectivity index (χ0n) is 17.9. The van der Waals surface area contributed by atoms with Crippen LogP contribution >= 0.6 is 0 Å². The second kappa shape index (κ2) is 12.1. The Morgan fingerprint density at radius 2 is 1.50 bits per heavy atom. The number of rotatable bonds is 11. The summed E-state index contributed by atoms with van der Waals surface area (Å²) >= 11 is 0. The van der Waals surface area contributed by atoms with Crippen molar-refractivity contribution in [3.63, 3.8) is 0 Å². The van der Waals surface area contributed by atoms with Gasteiger partial charge in [0.2, 0.25) is 11.8 Å². The molecule has 0 aromatic heterocycles. The molecule has 0 unspecified atom stereocenters. The van der Waals surface area contributed by atoms with Crippen molar-refractivity contribution in [2.45, 2.75) is 34.6 Å². The van der Waals surface area contributed by atoms with E-state index in [1.165, 1.54) is 11.8 Å². The summed E-state index contributed by atoms with van der Waals surface area (Å²) in [5.41, 5.74) is 1.15. The second-order valence-corrected chi connectivity index (χ2v) is 6.76. The second-order valence-electron chi connectivity index (χ2n) is 6.76. The van der Waals surface area contributed by atoms with Crippen LogP contribution in [0.4, 0.5) is 5.69 Å². The maximum Gasteiger partial charge on any atom is 0.254 e. The lowest BCUT2D eigenvalue weighted by Gasteiger charge is -2.27. The smallest absolute Gasteiger partial charge is 0.254 e. The van der Waals surface area contributed by atoms with E-state index < -0.39 is 0 Å². The fraction of sp³-hybridized carbons (Fsp3) is 0.571. The minimum absolute atomic E-state index is 0.0391. The van der Waals surface area contributed by atoms with E-state index in [1.54, 1.807) is 34.1 Å². The number of quaternary nitrogens is 1. The van der Waals surface area contributed by atoms with E-state index in [1.807, 2.05) is 13.8 Å². The number of nitrogens with one attached hydrogen (secondary N) is 2. The van der Waals surface area contributed by atoms with E-state index in [9.17, 15) is 14.4 Å². The average Bonchev–Trinajstić information content (AvgIpc) is 2.68. The zero-order valence-corrected chi connectivity index (χ0v) is 17.9. The molecule has 7 nitrogen and oxygen atoms in total. The minimum atomic E-state index is -0.165. The molecule has 1 aromatic carbocycles. The highest BCUT2D eigenvalue weighted by atomic mass is 16.2. The quantitative estimate of drug-likeness (QED) is 0.588. The van der Waals surface area contributed by atoms with Crippen LogP contribution in [0.5, 0.6) is 0 Å². The summed E-state index contributed by atoms with van der Waals surface area (Å²) in [6.45, 7) is 14.2. The number of carbonyl (C=O) groups excluding carboxylic acids is 3. The molecule has 7 heteroatoms. The van der Waals surface area contributed by atoms with Gasteiger partial charge < -0.3 is 20.0 Å². The molecule has 0 spiro atoms. The van der Waals surface area contributed by atoms with Crippen molar-refractivity contribution >= 4 is 23.4 Å². The molecule has 0 aliphatic carbocycles. The molecule has 156 valence electrons. The Morgan fingerprint density at radius 3 is 1.96 bits per heavy atom. The molecule has 0 aliphatic rings. The lowest BCUT2D eigenvalue weighted by molar-refractivity contribution is -0.895. The topological polar surface area (TPSA) is 74.2 Å². The molecule has 1 aromatic rings. The van der Waals surface area contributed by atoms with Crippen LogP contribution in [0, 0.1) is 0 Å². The number of hydrogen-bond acceptors (Lipinski definition) is 3. The van der Waals surface area contributed by atoms with Crippen molar-refractivity contribution in [2.24, 2.45) is 0 Å². The summed E-state index contributed by atoms with van der Waals surface area (Å²) in [6.07, 6.45) is 0. The van der Waals surface area contributed by atoms with E-state index in [0.717, 1.165) is 19.6 Å². The maximum atomic E-state index is 13.1. The first-order valence-corrected chi connectivity index (χ1v) is 10.1. The number of carbonyl (C=O) groups is 3. The Bertz CT molecular complexity index is 638. The maximum absolute atomic E-state index is 13.1. The van der Waals surface area contributed by atoms with Gasteiger partial charge >= 0.3 is 0 Å². The Balaban J connectivity index is 2.96. The van der Waals surface area contributed by atoms with Gasteiger partial charge in [0.15, 0.2) is 0 Å². The summed E-state index contributed by atoms with van der Waals surface area (Å²) in [4.78, 5) is 41.6. The molecule has 3 amide bonds. The van der Waals surface area contributed by atoms with E-state index in [-0.39, 0.29) is 24.3 Å². The van der Waals surface area contributed by atoms with Crippen LogP contribution < -0.4 is 10.2 Å². The summed E-state index contributed by atoms with van der Waals surface area (Å²) in [6, 6.07) is 6.78. The Kier molecular flexibility index (Phi) is 10.2. The van der Waals surface area contributed by atoms with Gasteiger partial charge in [0.05, 0.1) is 26.2 Å². The largest absolute Gasteiger partial charge is 0.342 e. The third-order valence-corrected chi connectivity index (χ3v) is 4.92. The third-order valence-electron chi connectivity index (χ3n) is 4.92. The Labute approximate surface area is 168 Å². The predicted molar refractivity (Wildman–Crippen MR) is 111 cm³/mol. The van der Waals surface area contributed by atoms with Crippen molar-refractivity contribution in [3.8, 4) is 0 Å². The molecule has 0 aliphatic heterocycles. The lowest BCUT2D eigenvalue weighted by atomic mass is 10.1. The molecule has 0 saturated carbocycles. The first-order valence-electron chi connectivity index (χ1n) is 10.1. The average molecular weight is 392 g/mol. The number of anilines is 1. The van der Waals surface area contributed by atoms with E-state index >= 15 is 0 Å². The number of nitrogens with zero attached hydrogens (tertiary/aromatic N) is 2. The molecule has 0 atom stereocenters. The molecule has 0 fully saturated rings. The van der Waals surface area contributed by atoms with Crippen LogP contribution in [-0.2, 0) is 9.59 Å². The monoisotopic (exact) mass is 391 g/mol. The fourth-order valence-electron chi connectivity index (χ4n) is 3.07. The molecule has 0 radical (unpaired) electrons. The predicted octanol–water partition coefficient (Wildman–Crippen LogP) is 0.880. The molecule has 28 heavy (non-hydrogen) atoms. The minimum Gasteiger partial charge on any atom is -0.342 e. The van der Waals surface area contributed by atoms with Crippen LogP contribution in [-0.4, -0.2) is 73.3 Å². The highest BCUT2D eigenvalue weighted by molar-refractivity contribution is 5.97. The summed E-state index contributed by atoms with van der Waals surface area (Å²) in [5, 5.41) is 2.69. The molecule has 0 bridgehead atoms. The van der Waals surface area contributed by atoms with Crippen LogP contribution in [0.1, 0.15) is 45.0 Å². The zero-order chi connectivity index (χ0) is 21.1. The SMILES string of the molecule is CCN(CC)C(=O)CN(CC[NH+](CC)CC)C(=O)c1ccc(NC(C)=O)cc1. The molecule has 1 rings (SSSR count). The third kappa shape index (κ3) is 7.31. The Morgan fingerprint density at radius 1 is 0.929 bits per heavy atom. The van der Waals surface area contributed by atoms with Crippen LogP contribution in [0.15, 0.2) is 24.3 Å². The van der Waals surface area contributed by atoms with Gasteiger partial charge in [0.1, 0.15) is 6.54 Å². The number of amides is 3. The van der Waals surface area contributed by atoms with Gasteiger partial charge in [-0.15, -0.1) is 0 Å². The van der Waals surface area contributed by atoms with Gasteiger partial charge in [0, 0.05) is 31.3 Å². The van der Waals surface area contributed by atoms with Crippen molar-refractivity contribution in [1.29, 1.82) is 0 Å². The number of likely N-dealkylation sites (N-methyl/N-ethyl adjacent to an activating group) is 2.